The minimum absolute atomic E-state index is 0.0223. The Morgan fingerprint density at radius 2 is 1.71 bits per heavy atom. The Morgan fingerprint density at radius 3 is 2.46 bits per heavy atom. The second-order valence-electron chi connectivity index (χ2n) is 6.27. The summed E-state index contributed by atoms with van der Waals surface area (Å²) in [4.78, 5) is 36.4. The van der Waals surface area contributed by atoms with E-state index in [0.717, 1.165) is 0 Å². The van der Waals surface area contributed by atoms with Gasteiger partial charge in [0, 0.05) is 17.7 Å². The molecule has 1 aliphatic rings. The summed E-state index contributed by atoms with van der Waals surface area (Å²) in [6.45, 7) is 2.39. The minimum atomic E-state index is -0.961. The number of ketones is 1. The van der Waals surface area contributed by atoms with E-state index in [1.165, 1.54) is 6.92 Å². The maximum absolute atomic E-state index is 12.3. The molecule has 0 saturated heterocycles. The van der Waals surface area contributed by atoms with Crippen LogP contribution in [0.2, 0.25) is 0 Å². The van der Waals surface area contributed by atoms with E-state index < -0.39 is 18.0 Å². The lowest BCUT2D eigenvalue weighted by atomic mass is 10.1. The SMILES string of the molecule is C[C@@H](OC(=O)CCC(=O)c1ccc2c(c1)OCCO2)C(=O)Nc1ccccc1. The first-order valence-electron chi connectivity index (χ1n) is 9.01. The van der Waals surface area contributed by atoms with Gasteiger partial charge in [0.2, 0.25) is 0 Å². The fourth-order valence-corrected chi connectivity index (χ4v) is 2.65. The van der Waals surface area contributed by atoms with Crippen molar-refractivity contribution < 1.29 is 28.6 Å². The van der Waals surface area contributed by atoms with Gasteiger partial charge in [-0.15, -0.1) is 0 Å². The molecule has 7 heteroatoms. The number of hydrogen-bond donors (Lipinski definition) is 1. The molecule has 1 heterocycles. The van der Waals surface area contributed by atoms with Crippen molar-refractivity contribution >= 4 is 23.3 Å². The molecule has 28 heavy (non-hydrogen) atoms. The third kappa shape index (κ3) is 5.09. The number of Topliss-reactive ketones (excluding diaryl/α,β-unsaturated/α-hetero) is 1. The third-order valence-electron chi connectivity index (χ3n) is 4.14. The molecular weight excluding hydrogens is 362 g/mol. The van der Waals surface area contributed by atoms with Gasteiger partial charge in [-0.2, -0.15) is 0 Å². The molecule has 1 aliphatic heterocycles. The Labute approximate surface area is 162 Å². The summed E-state index contributed by atoms with van der Waals surface area (Å²) >= 11 is 0. The van der Waals surface area contributed by atoms with Gasteiger partial charge < -0.3 is 19.5 Å². The molecular formula is C21H21NO6. The molecule has 2 aromatic rings. The summed E-state index contributed by atoms with van der Waals surface area (Å²) in [5.41, 5.74) is 1.05. The van der Waals surface area contributed by atoms with Gasteiger partial charge in [-0.3, -0.25) is 14.4 Å². The Balaban J connectivity index is 1.47. The van der Waals surface area contributed by atoms with E-state index in [4.69, 9.17) is 14.2 Å². The van der Waals surface area contributed by atoms with Crippen LogP contribution in [0.5, 0.6) is 11.5 Å². The summed E-state index contributed by atoms with van der Waals surface area (Å²) in [5, 5.41) is 2.66. The first-order chi connectivity index (χ1) is 13.5. The number of rotatable bonds is 7. The average Bonchev–Trinajstić information content (AvgIpc) is 2.72. The average molecular weight is 383 g/mol. The zero-order valence-electron chi connectivity index (χ0n) is 15.5. The monoisotopic (exact) mass is 383 g/mol. The number of esters is 1. The number of carbonyl (C=O) groups is 3. The number of benzene rings is 2. The van der Waals surface area contributed by atoms with E-state index >= 15 is 0 Å². The van der Waals surface area contributed by atoms with Crippen molar-refractivity contribution in [1.29, 1.82) is 0 Å². The van der Waals surface area contributed by atoms with E-state index in [-0.39, 0.29) is 18.6 Å². The highest BCUT2D eigenvalue weighted by Gasteiger charge is 2.20. The molecule has 0 aliphatic carbocycles. The van der Waals surface area contributed by atoms with Crippen LogP contribution < -0.4 is 14.8 Å². The predicted molar refractivity (Wildman–Crippen MR) is 102 cm³/mol. The van der Waals surface area contributed by atoms with Crippen molar-refractivity contribution in [2.45, 2.75) is 25.9 Å². The molecule has 0 unspecified atom stereocenters. The molecule has 3 rings (SSSR count). The van der Waals surface area contributed by atoms with Gasteiger partial charge in [0.1, 0.15) is 13.2 Å². The largest absolute Gasteiger partial charge is 0.486 e. The summed E-state index contributed by atoms with van der Waals surface area (Å²) in [6, 6.07) is 13.8. The molecule has 146 valence electrons. The standard InChI is InChI=1S/C21H21NO6/c1-14(21(25)22-16-5-3-2-4-6-16)28-20(24)10-8-17(23)15-7-9-18-19(13-15)27-12-11-26-18/h2-7,9,13-14H,8,10-12H2,1H3,(H,22,25)/t14-/m1/s1. The van der Waals surface area contributed by atoms with E-state index in [2.05, 4.69) is 5.32 Å². The Kier molecular flexibility index (Phi) is 6.26. The smallest absolute Gasteiger partial charge is 0.307 e. The van der Waals surface area contributed by atoms with Crippen LogP contribution in [0, 0.1) is 0 Å². The van der Waals surface area contributed by atoms with Crippen LogP contribution >= 0.6 is 0 Å². The van der Waals surface area contributed by atoms with Crippen LogP contribution in [0.3, 0.4) is 0 Å². The molecule has 0 aromatic heterocycles. The quantitative estimate of drug-likeness (QED) is 0.584. The molecule has 2 aromatic carbocycles. The summed E-state index contributed by atoms with van der Waals surface area (Å²) in [7, 11) is 0. The molecule has 1 amide bonds. The van der Waals surface area contributed by atoms with Gasteiger partial charge in [0.25, 0.3) is 5.91 Å². The minimum Gasteiger partial charge on any atom is -0.486 e. The van der Waals surface area contributed by atoms with Crippen LogP contribution in [0.25, 0.3) is 0 Å². The van der Waals surface area contributed by atoms with Crippen molar-refractivity contribution in [2.24, 2.45) is 0 Å². The van der Waals surface area contributed by atoms with E-state index in [1.54, 1.807) is 42.5 Å². The van der Waals surface area contributed by atoms with Crippen molar-refractivity contribution in [1.82, 2.24) is 0 Å². The summed E-state index contributed by atoms with van der Waals surface area (Å²) in [6.07, 6.45) is -1.10. The lowest BCUT2D eigenvalue weighted by Gasteiger charge is -2.18. The Hall–Kier alpha value is -3.35. The first-order valence-corrected chi connectivity index (χ1v) is 9.01. The highest BCUT2D eigenvalue weighted by Crippen LogP contribution is 2.31. The highest BCUT2D eigenvalue weighted by atomic mass is 16.6. The zero-order valence-corrected chi connectivity index (χ0v) is 15.5. The third-order valence-corrected chi connectivity index (χ3v) is 4.14. The van der Waals surface area contributed by atoms with Gasteiger partial charge in [0.05, 0.1) is 6.42 Å². The topological polar surface area (TPSA) is 90.9 Å². The first kappa shape index (κ1) is 19.4. The fraction of sp³-hybridized carbons (Fsp3) is 0.286. The van der Waals surface area contributed by atoms with Gasteiger partial charge in [-0.25, -0.2) is 0 Å². The molecule has 0 fully saturated rings. The number of carbonyl (C=O) groups excluding carboxylic acids is 3. The van der Waals surface area contributed by atoms with E-state index in [1.807, 2.05) is 6.07 Å². The maximum Gasteiger partial charge on any atom is 0.307 e. The summed E-state index contributed by atoms with van der Waals surface area (Å²) in [5.74, 6) is -0.138. The number of anilines is 1. The number of para-hydroxylation sites is 1. The number of hydrogen-bond acceptors (Lipinski definition) is 6. The maximum atomic E-state index is 12.3. The van der Waals surface area contributed by atoms with Crippen molar-refractivity contribution in [2.75, 3.05) is 18.5 Å². The predicted octanol–water partition coefficient (Wildman–Crippen LogP) is 2.99. The van der Waals surface area contributed by atoms with Gasteiger partial charge in [0.15, 0.2) is 23.4 Å². The molecule has 0 spiro atoms. The van der Waals surface area contributed by atoms with Crippen LogP contribution in [0.1, 0.15) is 30.1 Å². The van der Waals surface area contributed by atoms with Crippen LogP contribution in [-0.4, -0.2) is 37.0 Å². The van der Waals surface area contributed by atoms with E-state index in [0.29, 0.717) is 36.0 Å². The molecule has 0 radical (unpaired) electrons. The summed E-state index contributed by atoms with van der Waals surface area (Å²) < 4.78 is 16.0. The van der Waals surface area contributed by atoms with Crippen LogP contribution in [0.15, 0.2) is 48.5 Å². The number of ether oxygens (including phenoxy) is 3. The highest BCUT2D eigenvalue weighted by molar-refractivity contribution is 5.98. The molecule has 1 N–H and O–H groups in total. The van der Waals surface area contributed by atoms with Gasteiger partial charge >= 0.3 is 5.97 Å². The lowest BCUT2D eigenvalue weighted by Crippen LogP contribution is -2.30. The van der Waals surface area contributed by atoms with Crippen molar-refractivity contribution in [3.63, 3.8) is 0 Å². The normalized spacial score (nSPS) is 13.3. The lowest BCUT2D eigenvalue weighted by molar-refractivity contribution is -0.153. The molecule has 1 atom stereocenters. The molecule has 0 saturated carbocycles. The van der Waals surface area contributed by atoms with Crippen molar-refractivity contribution in [3.8, 4) is 11.5 Å². The van der Waals surface area contributed by atoms with Crippen molar-refractivity contribution in [3.05, 3.63) is 54.1 Å². The number of nitrogens with one attached hydrogen (secondary N) is 1. The number of amides is 1. The second-order valence-corrected chi connectivity index (χ2v) is 6.27. The Bertz CT molecular complexity index is 864. The fourth-order valence-electron chi connectivity index (χ4n) is 2.65. The molecule has 0 bridgehead atoms. The van der Waals surface area contributed by atoms with Crippen LogP contribution in [0.4, 0.5) is 5.69 Å². The second kappa shape index (κ2) is 9.03. The van der Waals surface area contributed by atoms with Gasteiger partial charge in [-0.05, 0) is 37.3 Å². The molecule has 7 nitrogen and oxygen atoms in total. The van der Waals surface area contributed by atoms with E-state index in [9.17, 15) is 14.4 Å². The van der Waals surface area contributed by atoms with Crippen LogP contribution in [-0.2, 0) is 14.3 Å². The van der Waals surface area contributed by atoms with Gasteiger partial charge in [-0.1, -0.05) is 18.2 Å². The number of fused-ring (bicyclic) bond motifs is 1. The zero-order chi connectivity index (χ0) is 19.9. The Morgan fingerprint density at radius 1 is 1.00 bits per heavy atom.